The molecular weight excluding hydrogens is 369 g/mol. The van der Waals surface area contributed by atoms with Crippen LogP contribution in [0.3, 0.4) is 0 Å². The predicted octanol–water partition coefficient (Wildman–Crippen LogP) is 3.34. The fourth-order valence-corrected chi connectivity index (χ4v) is 3.35. The molecule has 0 saturated carbocycles. The molecule has 7 nitrogen and oxygen atoms in total. The lowest BCUT2D eigenvalue weighted by Crippen LogP contribution is -2.19. The van der Waals surface area contributed by atoms with Gasteiger partial charge in [-0.1, -0.05) is 17.3 Å². The first kappa shape index (κ1) is 17.1. The summed E-state index contributed by atoms with van der Waals surface area (Å²) < 4.78 is 20.3. The highest BCUT2D eigenvalue weighted by Crippen LogP contribution is 2.28. The fourth-order valence-electron chi connectivity index (χ4n) is 2.62. The Morgan fingerprint density at radius 3 is 2.96 bits per heavy atom. The quantitative estimate of drug-likeness (QED) is 0.572. The van der Waals surface area contributed by atoms with Crippen LogP contribution in [0.5, 0.6) is 5.75 Å². The van der Waals surface area contributed by atoms with E-state index in [-0.39, 0.29) is 18.2 Å². The molecule has 0 aliphatic heterocycles. The molecule has 4 aromatic rings. The number of carbonyl (C=O) groups is 1. The van der Waals surface area contributed by atoms with Crippen molar-refractivity contribution >= 4 is 33.4 Å². The SMILES string of the molecule is COc1ccc(-c2csc(NC(=O)Cn3nnc4ccccc43)n2)cc1F. The van der Waals surface area contributed by atoms with E-state index < -0.39 is 5.82 Å². The molecule has 0 saturated heterocycles. The van der Waals surface area contributed by atoms with Gasteiger partial charge in [0.05, 0.1) is 18.3 Å². The minimum atomic E-state index is -0.466. The lowest BCUT2D eigenvalue weighted by molar-refractivity contribution is -0.116. The van der Waals surface area contributed by atoms with Gasteiger partial charge in [0.15, 0.2) is 16.7 Å². The second-order valence-electron chi connectivity index (χ2n) is 5.67. The maximum Gasteiger partial charge on any atom is 0.247 e. The molecule has 0 spiro atoms. The molecule has 9 heteroatoms. The summed E-state index contributed by atoms with van der Waals surface area (Å²) in [5, 5.41) is 12.9. The van der Waals surface area contributed by atoms with Crippen LogP contribution in [-0.4, -0.2) is 33.0 Å². The van der Waals surface area contributed by atoms with Crippen molar-refractivity contribution in [1.29, 1.82) is 0 Å². The van der Waals surface area contributed by atoms with Gasteiger partial charge in [-0.05, 0) is 30.3 Å². The number of nitrogens with one attached hydrogen (secondary N) is 1. The highest BCUT2D eigenvalue weighted by atomic mass is 32.1. The zero-order valence-electron chi connectivity index (χ0n) is 14.2. The Labute approximate surface area is 157 Å². The molecule has 2 aromatic heterocycles. The third kappa shape index (κ3) is 3.49. The van der Waals surface area contributed by atoms with Gasteiger partial charge >= 0.3 is 0 Å². The second kappa shape index (κ2) is 7.12. The number of hydrogen-bond donors (Lipinski definition) is 1. The van der Waals surface area contributed by atoms with Gasteiger partial charge in [-0.3, -0.25) is 4.79 Å². The summed E-state index contributed by atoms with van der Waals surface area (Å²) in [5.41, 5.74) is 2.68. The smallest absolute Gasteiger partial charge is 0.247 e. The topological polar surface area (TPSA) is 81.9 Å². The van der Waals surface area contributed by atoms with E-state index >= 15 is 0 Å². The zero-order valence-corrected chi connectivity index (χ0v) is 15.0. The van der Waals surface area contributed by atoms with E-state index in [1.54, 1.807) is 11.4 Å². The molecule has 4 rings (SSSR count). The van der Waals surface area contributed by atoms with Gasteiger partial charge in [-0.15, -0.1) is 16.4 Å². The maximum atomic E-state index is 13.9. The second-order valence-corrected chi connectivity index (χ2v) is 6.53. The van der Waals surface area contributed by atoms with Crippen LogP contribution in [0.2, 0.25) is 0 Å². The largest absolute Gasteiger partial charge is 0.494 e. The van der Waals surface area contributed by atoms with Crippen LogP contribution in [-0.2, 0) is 11.3 Å². The molecule has 0 radical (unpaired) electrons. The Balaban J connectivity index is 1.47. The van der Waals surface area contributed by atoms with Gasteiger partial charge in [-0.25, -0.2) is 14.1 Å². The van der Waals surface area contributed by atoms with Crippen LogP contribution >= 0.6 is 11.3 Å². The van der Waals surface area contributed by atoms with Gasteiger partial charge in [0.25, 0.3) is 0 Å². The number of nitrogens with zero attached hydrogens (tertiary/aromatic N) is 4. The molecule has 0 bridgehead atoms. The number of amides is 1. The fraction of sp³-hybridized carbons (Fsp3) is 0.111. The first-order valence-electron chi connectivity index (χ1n) is 8.01. The first-order chi connectivity index (χ1) is 13.1. The van der Waals surface area contributed by atoms with Crippen LogP contribution in [0, 0.1) is 5.82 Å². The molecule has 0 atom stereocenters. The van der Waals surface area contributed by atoms with Gasteiger partial charge in [0.2, 0.25) is 5.91 Å². The Bertz CT molecular complexity index is 1120. The van der Waals surface area contributed by atoms with Crippen molar-refractivity contribution in [2.24, 2.45) is 0 Å². The summed E-state index contributed by atoms with van der Waals surface area (Å²) in [4.78, 5) is 16.6. The zero-order chi connectivity index (χ0) is 18.8. The van der Waals surface area contributed by atoms with Crippen LogP contribution in [0.4, 0.5) is 9.52 Å². The van der Waals surface area contributed by atoms with Gasteiger partial charge in [-0.2, -0.15) is 0 Å². The van der Waals surface area contributed by atoms with Crippen LogP contribution in [0.1, 0.15) is 0 Å². The highest BCUT2D eigenvalue weighted by Gasteiger charge is 2.12. The lowest BCUT2D eigenvalue weighted by Gasteiger charge is -2.04. The Morgan fingerprint density at radius 1 is 1.30 bits per heavy atom. The molecule has 1 amide bonds. The van der Waals surface area contributed by atoms with E-state index in [1.807, 2.05) is 24.3 Å². The molecule has 136 valence electrons. The maximum absolute atomic E-state index is 13.9. The van der Waals surface area contributed by atoms with Crippen molar-refractivity contribution in [2.75, 3.05) is 12.4 Å². The molecule has 2 aromatic carbocycles. The summed E-state index contributed by atoms with van der Waals surface area (Å²) in [6.07, 6.45) is 0. The summed E-state index contributed by atoms with van der Waals surface area (Å²) in [6.45, 7) is 0.0204. The molecular formula is C18H14FN5O2S. The summed E-state index contributed by atoms with van der Waals surface area (Å²) in [6, 6.07) is 12.0. The van der Waals surface area contributed by atoms with Crippen molar-refractivity contribution in [3.8, 4) is 17.0 Å². The average molecular weight is 383 g/mol. The average Bonchev–Trinajstić information content (AvgIpc) is 3.29. The standard InChI is InChI=1S/C18H14FN5O2S/c1-26-16-7-6-11(8-12(16)19)14-10-27-18(20-14)21-17(25)9-24-15-5-3-2-4-13(15)22-23-24/h2-8,10H,9H2,1H3,(H,20,21,25). The number of methoxy groups -OCH3 is 1. The molecule has 27 heavy (non-hydrogen) atoms. The van der Waals surface area contributed by atoms with Crippen molar-refractivity contribution in [1.82, 2.24) is 20.0 Å². The number of halogens is 1. The first-order valence-corrected chi connectivity index (χ1v) is 8.89. The number of ether oxygens (including phenoxy) is 1. The third-order valence-corrected chi connectivity index (χ3v) is 4.67. The molecule has 0 unspecified atom stereocenters. The van der Waals surface area contributed by atoms with Crippen molar-refractivity contribution in [3.05, 3.63) is 53.7 Å². The highest BCUT2D eigenvalue weighted by molar-refractivity contribution is 7.14. The van der Waals surface area contributed by atoms with E-state index in [1.165, 1.54) is 35.3 Å². The molecule has 2 heterocycles. The van der Waals surface area contributed by atoms with Gasteiger partial charge in [0, 0.05) is 10.9 Å². The van der Waals surface area contributed by atoms with E-state index in [2.05, 4.69) is 20.6 Å². The minimum Gasteiger partial charge on any atom is -0.494 e. The number of fused-ring (bicyclic) bond motifs is 1. The number of hydrogen-bond acceptors (Lipinski definition) is 6. The van der Waals surface area contributed by atoms with Crippen LogP contribution in [0.25, 0.3) is 22.3 Å². The molecule has 0 fully saturated rings. The van der Waals surface area contributed by atoms with Gasteiger partial charge in [0.1, 0.15) is 12.1 Å². The van der Waals surface area contributed by atoms with Crippen molar-refractivity contribution in [2.45, 2.75) is 6.54 Å². The Morgan fingerprint density at radius 2 is 2.15 bits per heavy atom. The summed E-state index contributed by atoms with van der Waals surface area (Å²) in [7, 11) is 1.41. The number of aromatic nitrogens is 4. The number of carbonyl (C=O) groups excluding carboxylic acids is 1. The van der Waals surface area contributed by atoms with Crippen LogP contribution in [0.15, 0.2) is 47.8 Å². The van der Waals surface area contributed by atoms with E-state index in [9.17, 15) is 9.18 Å². The molecule has 0 aliphatic rings. The minimum absolute atomic E-state index is 0.0204. The number of rotatable bonds is 5. The third-order valence-electron chi connectivity index (χ3n) is 3.91. The van der Waals surface area contributed by atoms with Gasteiger partial charge < -0.3 is 10.1 Å². The van der Waals surface area contributed by atoms with Crippen molar-refractivity contribution < 1.29 is 13.9 Å². The van der Waals surface area contributed by atoms with Crippen LogP contribution < -0.4 is 10.1 Å². The monoisotopic (exact) mass is 383 g/mol. The Kier molecular flexibility index (Phi) is 4.51. The van der Waals surface area contributed by atoms with E-state index in [0.29, 0.717) is 16.4 Å². The predicted molar refractivity (Wildman–Crippen MR) is 100 cm³/mol. The molecule has 0 aliphatic carbocycles. The van der Waals surface area contributed by atoms with Crippen molar-refractivity contribution in [3.63, 3.8) is 0 Å². The summed E-state index contributed by atoms with van der Waals surface area (Å²) >= 11 is 1.26. The number of thiazole rings is 1. The van der Waals surface area contributed by atoms with E-state index in [4.69, 9.17) is 4.74 Å². The molecule has 1 N–H and O–H groups in total. The Hall–Kier alpha value is -3.33. The van der Waals surface area contributed by atoms with E-state index in [0.717, 1.165) is 11.0 Å². The lowest BCUT2D eigenvalue weighted by atomic mass is 10.1. The normalized spacial score (nSPS) is 10.9. The number of benzene rings is 2. The summed E-state index contributed by atoms with van der Waals surface area (Å²) in [5.74, 6) is -0.568. The number of para-hydroxylation sites is 1. The number of anilines is 1.